The van der Waals surface area contributed by atoms with Gasteiger partial charge in [-0.05, 0) is 31.0 Å². The van der Waals surface area contributed by atoms with Crippen LogP contribution in [0.2, 0.25) is 0 Å². The number of hydrogen-bond acceptors (Lipinski definition) is 3. The zero-order chi connectivity index (χ0) is 13.0. The molecule has 1 unspecified atom stereocenters. The van der Waals surface area contributed by atoms with Crippen LogP contribution in [0, 0.1) is 6.92 Å². The molecule has 18 heavy (non-hydrogen) atoms. The molecule has 0 saturated heterocycles. The summed E-state index contributed by atoms with van der Waals surface area (Å²) < 4.78 is 1.84. The number of rotatable bonds is 5. The topological polar surface area (TPSA) is 42.7 Å². The Morgan fingerprint density at radius 2 is 2.11 bits per heavy atom. The van der Waals surface area contributed by atoms with Gasteiger partial charge in [-0.15, -0.1) is 5.10 Å². The Kier molecular flexibility index (Phi) is 4.10. The molecule has 2 rings (SSSR count). The number of aryl methyl sites for hydroxylation is 2. The van der Waals surface area contributed by atoms with Crippen molar-refractivity contribution >= 4 is 0 Å². The zero-order valence-corrected chi connectivity index (χ0v) is 11.2. The van der Waals surface area contributed by atoms with Crippen LogP contribution >= 0.6 is 0 Å². The van der Waals surface area contributed by atoms with Gasteiger partial charge in [-0.2, -0.15) is 0 Å². The fraction of sp³-hybridized carbons (Fsp3) is 0.429. The third kappa shape index (κ3) is 2.76. The van der Waals surface area contributed by atoms with Gasteiger partial charge in [-0.3, -0.25) is 4.68 Å². The summed E-state index contributed by atoms with van der Waals surface area (Å²) in [6.45, 7) is 5.20. The van der Waals surface area contributed by atoms with E-state index in [1.165, 1.54) is 11.1 Å². The van der Waals surface area contributed by atoms with Crippen LogP contribution in [-0.2, 0) is 13.5 Å². The molecule has 0 aliphatic rings. The molecule has 1 aromatic carbocycles. The van der Waals surface area contributed by atoms with E-state index in [9.17, 15) is 0 Å². The number of likely N-dealkylation sites (N-methyl/N-ethyl adjacent to an activating group) is 1. The fourth-order valence-corrected chi connectivity index (χ4v) is 2.20. The number of nitrogens with one attached hydrogen (secondary N) is 1. The van der Waals surface area contributed by atoms with Crippen LogP contribution in [0.3, 0.4) is 0 Å². The molecule has 0 amide bonds. The van der Waals surface area contributed by atoms with Crippen molar-refractivity contribution in [2.75, 3.05) is 6.54 Å². The Bertz CT molecular complexity index is 504. The first kappa shape index (κ1) is 12.8. The van der Waals surface area contributed by atoms with Crippen LogP contribution in [-0.4, -0.2) is 21.5 Å². The van der Waals surface area contributed by atoms with E-state index >= 15 is 0 Å². The van der Waals surface area contributed by atoms with Gasteiger partial charge >= 0.3 is 0 Å². The molecule has 4 nitrogen and oxygen atoms in total. The second-order valence-corrected chi connectivity index (χ2v) is 4.52. The molecular weight excluding hydrogens is 224 g/mol. The molecule has 2 aromatic rings. The minimum Gasteiger partial charge on any atom is -0.309 e. The molecule has 0 fully saturated rings. The van der Waals surface area contributed by atoms with Crippen LogP contribution in [0.4, 0.5) is 0 Å². The number of hydrogen-bond donors (Lipinski definition) is 1. The van der Waals surface area contributed by atoms with Crippen molar-refractivity contribution < 1.29 is 0 Å². The first-order valence-corrected chi connectivity index (χ1v) is 6.34. The lowest BCUT2D eigenvalue weighted by molar-refractivity contribution is 0.505. The van der Waals surface area contributed by atoms with Crippen molar-refractivity contribution in [2.45, 2.75) is 26.3 Å². The standard InChI is InChI=1S/C14H20N4/c1-4-15-13(14-10-16-17-18(14)3)9-12-8-6-5-7-11(12)2/h5-8,10,13,15H,4,9H2,1-3H3. The van der Waals surface area contributed by atoms with E-state index in [1.54, 1.807) is 0 Å². The van der Waals surface area contributed by atoms with Gasteiger partial charge in [0.25, 0.3) is 0 Å². The van der Waals surface area contributed by atoms with E-state index in [-0.39, 0.29) is 6.04 Å². The summed E-state index contributed by atoms with van der Waals surface area (Å²) in [5, 5.41) is 11.5. The maximum Gasteiger partial charge on any atom is 0.0756 e. The van der Waals surface area contributed by atoms with Crippen LogP contribution in [0.5, 0.6) is 0 Å². The lowest BCUT2D eigenvalue weighted by Gasteiger charge is -2.18. The SMILES string of the molecule is CCNC(Cc1ccccc1C)c1cnnn1C. The van der Waals surface area contributed by atoms with Gasteiger partial charge in [-0.25, -0.2) is 0 Å². The Labute approximate surface area is 108 Å². The molecule has 0 bridgehead atoms. The molecule has 0 aliphatic heterocycles. The third-order valence-electron chi connectivity index (χ3n) is 3.24. The summed E-state index contributed by atoms with van der Waals surface area (Å²) in [6, 6.07) is 8.76. The van der Waals surface area contributed by atoms with Gasteiger partial charge < -0.3 is 5.32 Å². The Morgan fingerprint density at radius 3 is 2.72 bits per heavy atom. The van der Waals surface area contributed by atoms with E-state index < -0.39 is 0 Å². The Balaban J connectivity index is 2.22. The summed E-state index contributed by atoms with van der Waals surface area (Å²) in [7, 11) is 1.94. The predicted molar refractivity (Wildman–Crippen MR) is 72.3 cm³/mol. The van der Waals surface area contributed by atoms with Crippen molar-refractivity contribution in [1.82, 2.24) is 20.3 Å². The Morgan fingerprint density at radius 1 is 1.33 bits per heavy atom. The highest BCUT2D eigenvalue weighted by molar-refractivity contribution is 5.27. The normalized spacial score (nSPS) is 12.6. The first-order valence-electron chi connectivity index (χ1n) is 6.34. The second kappa shape index (κ2) is 5.78. The summed E-state index contributed by atoms with van der Waals surface area (Å²) in [5.74, 6) is 0. The maximum absolute atomic E-state index is 4.01. The zero-order valence-electron chi connectivity index (χ0n) is 11.2. The van der Waals surface area contributed by atoms with Crippen LogP contribution in [0.1, 0.15) is 29.8 Å². The molecule has 0 aliphatic carbocycles. The van der Waals surface area contributed by atoms with Crippen LogP contribution in [0.25, 0.3) is 0 Å². The molecule has 1 aromatic heterocycles. The molecular formula is C14H20N4. The van der Waals surface area contributed by atoms with Crippen molar-refractivity contribution in [1.29, 1.82) is 0 Å². The quantitative estimate of drug-likeness (QED) is 0.875. The van der Waals surface area contributed by atoms with Crippen LogP contribution < -0.4 is 5.32 Å². The van der Waals surface area contributed by atoms with Crippen LogP contribution in [0.15, 0.2) is 30.5 Å². The van der Waals surface area contributed by atoms with Crippen molar-refractivity contribution in [2.24, 2.45) is 7.05 Å². The van der Waals surface area contributed by atoms with Gasteiger partial charge in [0, 0.05) is 7.05 Å². The van der Waals surface area contributed by atoms with Gasteiger partial charge in [0.15, 0.2) is 0 Å². The van der Waals surface area contributed by atoms with E-state index in [0.717, 1.165) is 18.7 Å². The molecule has 0 radical (unpaired) electrons. The van der Waals surface area contributed by atoms with Gasteiger partial charge in [0.2, 0.25) is 0 Å². The minimum absolute atomic E-state index is 0.260. The van der Waals surface area contributed by atoms with E-state index in [2.05, 4.69) is 53.7 Å². The van der Waals surface area contributed by atoms with Gasteiger partial charge in [-0.1, -0.05) is 36.4 Å². The second-order valence-electron chi connectivity index (χ2n) is 4.52. The fourth-order valence-electron chi connectivity index (χ4n) is 2.20. The molecule has 4 heteroatoms. The minimum atomic E-state index is 0.260. The highest BCUT2D eigenvalue weighted by Gasteiger charge is 2.15. The van der Waals surface area contributed by atoms with Crippen molar-refractivity contribution in [3.8, 4) is 0 Å². The molecule has 0 saturated carbocycles. The van der Waals surface area contributed by atoms with Crippen molar-refractivity contribution in [3.05, 3.63) is 47.3 Å². The molecule has 1 N–H and O–H groups in total. The number of aromatic nitrogens is 3. The number of benzene rings is 1. The number of nitrogens with zero attached hydrogens (tertiary/aromatic N) is 3. The lowest BCUT2D eigenvalue weighted by atomic mass is 9.99. The predicted octanol–water partition coefficient (Wildman–Crippen LogP) is 2.02. The molecule has 1 heterocycles. The average Bonchev–Trinajstić information content (AvgIpc) is 2.78. The average molecular weight is 244 g/mol. The highest BCUT2D eigenvalue weighted by atomic mass is 15.4. The summed E-state index contributed by atoms with van der Waals surface area (Å²) >= 11 is 0. The molecule has 1 atom stereocenters. The Hall–Kier alpha value is -1.68. The first-order chi connectivity index (χ1) is 8.72. The summed E-state index contributed by atoms with van der Waals surface area (Å²) in [4.78, 5) is 0. The van der Waals surface area contributed by atoms with Crippen molar-refractivity contribution in [3.63, 3.8) is 0 Å². The summed E-state index contributed by atoms with van der Waals surface area (Å²) in [5.41, 5.74) is 3.82. The maximum atomic E-state index is 4.01. The largest absolute Gasteiger partial charge is 0.309 e. The highest BCUT2D eigenvalue weighted by Crippen LogP contribution is 2.19. The smallest absolute Gasteiger partial charge is 0.0756 e. The van der Waals surface area contributed by atoms with E-state index in [4.69, 9.17) is 0 Å². The lowest BCUT2D eigenvalue weighted by Crippen LogP contribution is -2.25. The van der Waals surface area contributed by atoms with E-state index in [1.807, 2.05) is 17.9 Å². The monoisotopic (exact) mass is 244 g/mol. The molecule has 96 valence electrons. The summed E-state index contributed by atoms with van der Waals surface area (Å²) in [6.07, 6.45) is 2.80. The van der Waals surface area contributed by atoms with Gasteiger partial charge in [0.05, 0.1) is 17.9 Å². The molecule has 0 spiro atoms. The third-order valence-corrected chi connectivity index (χ3v) is 3.24. The van der Waals surface area contributed by atoms with E-state index in [0.29, 0.717) is 0 Å². The van der Waals surface area contributed by atoms with Gasteiger partial charge in [0.1, 0.15) is 0 Å².